The summed E-state index contributed by atoms with van der Waals surface area (Å²) < 4.78 is 33.2. The summed E-state index contributed by atoms with van der Waals surface area (Å²) >= 11 is 0. The van der Waals surface area contributed by atoms with Crippen LogP contribution < -0.4 is 5.14 Å². The van der Waals surface area contributed by atoms with Crippen molar-refractivity contribution in [1.82, 2.24) is 9.97 Å². The second kappa shape index (κ2) is 3.11. The summed E-state index contributed by atoms with van der Waals surface area (Å²) in [6.45, 7) is 0. The summed E-state index contributed by atoms with van der Waals surface area (Å²) in [5.41, 5.74) is 0. The minimum Gasteiger partial charge on any atom is -0.237 e. The number of hydrogen-bond acceptors (Lipinski definition) is 4. The molecule has 0 atom stereocenters. The average molecular weight is 191 g/mol. The van der Waals surface area contributed by atoms with E-state index in [0.717, 1.165) is 12.4 Å². The molecule has 1 aromatic heterocycles. The van der Waals surface area contributed by atoms with E-state index < -0.39 is 21.6 Å². The zero-order chi connectivity index (χ0) is 9.19. The third-order valence-electron chi connectivity index (χ3n) is 1.00. The molecular formula is C5H6FN3O2S. The molecule has 1 rings (SSSR count). The molecule has 0 aromatic carbocycles. The van der Waals surface area contributed by atoms with Gasteiger partial charge in [-0.1, -0.05) is 0 Å². The Balaban J connectivity index is 2.85. The molecule has 0 saturated carbocycles. The minimum absolute atomic E-state index is 0.0149. The molecule has 0 fully saturated rings. The Morgan fingerprint density at radius 1 is 1.42 bits per heavy atom. The van der Waals surface area contributed by atoms with Crippen LogP contribution in [0.2, 0.25) is 0 Å². The average Bonchev–Trinajstić information content (AvgIpc) is 1.91. The number of halogens is 1. The van der Waals surface area contributed by atoms with Crippen molar-refractivity contribution in [2.45, 2.75) is 5.75 Å². The number of hydrogen-bond donors (Lipinski definition) is 1. The Kier molecular flexibility index (Phi) is 2.34. The van der Waals surface area contributed by atoms with Gasteiger partial charge in [-0.15, -0.1) is 0 Å². The predicted octanol–water partition coefficient (Wildman–Crippen LogP) is -0.596. The van der Waals surface area contributed by atoms with Gasteiger partial charge in [0, 0.05) is 0 Å². The lowest BCUT2D eigenvalue weighted by molar-refractivity contribution is 0.591. The van der Waals surface area contributed by atoms with Crippen molar-refractivity contribution in [3.63, 3.8) is 0 Å². The first-order valence-corrected chi connectivity index (χ1v) is 4.66. The fourth-order valence-corrected chi connectivity index (χ4v) is 1.10. The highest BCUT2D eigenvalue weighted by molar-refractivity contribution is 7.88. The SMILES string of the molecule is NS(=O)(=O)Cc1ncc(F)cn1. The third-order valence-corrected chi connectivity index (χ3v) is 1.66. The van der Waals surface area contributed by atoms with Gasteiger partial charge >= 0.3 is 0 Å². The van der Waals surface area contributed by atoms with Gasteiger partial charge in [0.25, 0.3) is 0 Å². The maximum absolute atomic E-state index is 12.2. The van der Waals surface area contributed by atoms with Crippen molar-refractivity contribution in [3.8, 4) is 0 Å². The third kappa shape index (κ3) is 2.89. The molecule has 0 aliphatic heterocycles. The Labute approximate surface area is 68.5 Å². The zero-order valence-corrected chi connectivity index (χ0v) is 6.75. The zero-order valence-electron chi connectivity index (χ0n) is 5.94. The van der Waals surface area contributed by atoms with Crippen LogP contribution >= 0.6 is 0 Å². The predicted molar refractivity (Wildman–Crippen MR) is 38.8 cm³/mol. The minimum atomic E-state index is -3.64. The molecule has 66 valence electrons. The largest absolute Gasteiger partial charge is 0.237 e. The summed E-state index contributed by atoms with van der Waals surface area (Å²) in [7, 11) is -3.64. The van der Waals surface area contributed by atoms with Gasteiger partial charge in [-0.2, -0.15) is 0 Å². The van der Waals surface area contributed by atoms with Gasteiger partial charge < -0.3 is 0 Å². The lowest BCUT2D eigenvalue weighted by Gasteiger charge is -1.95. The van der Waals surface area contributed by atoms with Crippen LogP contribution in [0, 0.1) is 5.82 Å². The van der Waals surface area contributed by atoms with E-state index in [0.29, 0.717) is 0 Å². The summed E-state index contributed by atoms with van der Waals surface area (Å²) in [6, 6.07) is 0. The maximum atomic E-state index is 12.2. The van der Waals surface area contributed by atoms with Gasteiger partial charge in [0.1, 0.15) is 11.6 Å². The molecule has 0 amide bonds. The van der Waals surface area contributed by atoms with Crippen LogP contribution in [0.15, 0.2) is 12.4 Å². The van der Waals surface area contributed by atoms with E-state index in [1.165, 1.54) is 0 Å². The molecule has 0 aliphatic rings. The lowest BCUT2D eigenvalue weighted by Crippen LogP contribution is -2.16. The van der Waals surface area contributed by atoms with E-state index >= 15 is 0 Å². The van der Waals surface area contributed by atoms with Crippen LogP contribution in [0.3, 0.4) is 0 Å². The number of primary sulfonamides is 1. The fraction of sp³-hybridized carbons (Fsp3) is 0.200. The van der Waals surface area contributed by atoms with Crippen LogP contribution in [-0.4, -0.2) is 18.4 Å². The molecule has 5 nitrogen and oxygen atoms in total. The number of nitrogens with two attached hydrogens (primary N) is 1. The normalized spacial score (nSPS) is 11.5. The molecule has 0 saturated heterocycles. The molecule has 2 N–H and O–H groups in total. The summed E-state index contributed by atoms with van der Waals surface area (Å²) in [6.07, 6.45) is 1.76. The van der Waals surface area contributed by atoms with E-state index in [4.69, 9.17) is 5.14 Å². The van der Waals surface area contributed by atoms with Crippen molar-refractivity contribution < 1.29 is 12.8 Å². The Hall–Kier alpha value is -1.08. The van der Waals surface area contributed by atoms with Crippen LogP contribution in [0.25, 0.3) is 0 Å². The van der Waals surface area contributed by atoms with E-state index in [2.05, 4.69) is 9.97 Å². The number of nitrogens with zero attached hydrogens (tertiary/aromatic N) is 2. The molecule has 12 heavy (non-hydrogen) atoms. The molecule has 1 aromatic rings. The molecule has 0 spiro atoms. The van der Waals surface area contributed by atoms with Gasteiger partial charge in [-0.25, -0.2) is 27.9 Å². The Bertz CT molecular complexity index is 361. The number of aromatic nitrogens is 2. The number of rotatable bonds is 2. The number of sulfonamides is 1. The molecule has 0 bridgehead atoms. The topological polar surface area (TPSA) is 85.9 Å². The van der Waals surface area contributed by atoms with E-state index in [1.54, 1.807) is 0 Å². The van der Waals surface area contributed by atoms with E-state index in [9.17, 15) is 12.8 Å². The summed E-state index contributed by atoms with van der Waals surface area (Å²) in [5.74, 6) is -1.11. The molecular weight excluding hydrogens is 185 g/mol. The smallest absolute Gasteiger partial charge is 0.216 e. The first-order valence-electron chi connectivity index (χ1n) is 2.94. The molecule has 0 aliphatic carbocycles. The second-order valence-corrected chi connectivity index (χ2v) is 3.74. The van der Waals surface area contributed by atoms with Crippen molar-refractivity contribution in [2.24, 2.45) is 5.14 Å². The quantitative estimate of drug-likeness (QED) is 0.676. The van der Waals surface area contributed by atoms with Gasteiger partial charge in [-0.3, -0.25) is 0 Å². The van der Waals surface area contributed by atoms with E-state index in [1.807, 2.05) is 0 Å². The molecule has 0 unspecified atom stereocenters. The summed E-state index contributed by atoms with van der Waals surface area (Å²) in [5, 5.41) is 4.70. The Morgan fingerprint density at radius 3 is 2.33 bits per heavy atom. The molecule has 1 heterocycles. The summed E-state index contributed by atoms with van der Waals surface area (Å²) in [4.78, 5) is 6.84. The van der Waals surface area contributed by atoms with Crippen molar-refractivity contribution >= 4 is 10.0 Å². The first-order chi connectivity index (χ1) is 5.47. The van der Waals surface area contributed by atoms with Gasteiger partial charge in [0.15, 0.2) is 5.82 Å². The van der Waals surface area contributed by atoms with Crippen LogP contribution in [-0.2, 0) is 15.8 Å². The highest BCUT2D eigenvalue weighted by atomic mass is 32.2. The van der Waals surface area contributed by atoms with Crippen LogP contribution in [0.5, 0.6) is 0 Å². The van der Waals surface area contributed by atoms with Crippen molar-refractivity contribution in [2.75, 3.05) is 0 Å². The van der Waals surface area contributed by atoms with Gasteiger partial charge in [-0.05, 0) is 0 Å². The van der Waals surface area contributed by atoms with Crippen molar-refractivity contribution in [1.29, 1.82) is 0 Å². The fourth-order valence-electron chi connectivity index (χ4n) is 0.593. The maximum Gasteiger partial charge on any atom is 0.216 e. The second-order valence-electron chi connectivity index (χ2n) is 2.12. The first kappa shape index (κ1) is 9.01. The van der Waals surface area contributed by atoms with Crippen LogP contribution in [0.4, 0.5) is 4.39 Å². The van der Waals surface area contributed by atoms with Crippen LogP contribution in [0.1, 0.15) is 5.82 Å². The highest BCUT2D eigenvalue weighted by Gasteiger charge is 2.06. The monoisotopic (exact) mass is 191 g/mol. The molecule has 0 radical (unpaired) electrons. The molecule has 7 heteroatoms. The highest BCUT2D eigenvalue weighted by Crippen LogP contribution is 1.96. The standard InChI is InChI=1S/C5H6FN3O2S/c6-4-1-8-5(9-2-4)3-12(7,10)11/h1-2H,3H2,(H2,7,10,11). The van der Waals surface area contributed by atoms with E-state index in [-0.39, 0.29) is 5.82 Å². The lowest BCUT2D eigenvalue weighted by atomic mass is 10.6. The van der Waals surface area contributed by atoms with Gasteiger partial charge in [0.05, 0.1) is 12.4 Å². The van der Waals surface area contributed by atoms with Gasteiger partial charge in [0.2, 0.25) is 10.0 Å². The Morgan fingerprint density at radius 2 is 1.92 bits per heavy atom. The van der Waals surface area contributed by atoms with Crippen molar-refractivity contribution in [3.05, 3.63) is 24.0 Å².